The van der Waals surface area contributed by atoms with Gasteiger partial charge in [-0.2, -0.15) is 9.61 Å². The Kier molecular flexibility index (Phi) is 6.69. The van der Waals surface area contributed by atoms with E-state index in [1.54, 1.807) is 11.0 Å². The van der Waals surface area contributed by atoms with E-state index < -0.39 is 10.0 Å². The maximum Gasteiger partial charge on any atom is 0.256 e. The van der Waals surface area contributed by atoms with Crippen LogP contribution in [-0.4, -0.2) is 72.9 Å². The number of aromatic nitrogens is 3. The number of nitrogens with zero attached hydrogens (tertiary/aromatic N) is 5. The number of rotatable bonds is 6. The first-order valence-electron chi connectivity index (χ1n) is 13.1. The van der Waals surface area contributed by atoms with Crippen LogP contribution in [0.4, 0.5) is 11.5 Å². The smallest absolute Gasteiger partial charge is 0.256 e. The molecular formula is C26H31ClN6O4S. The minimum atomic E-state index is -3.58. The molecule has 202 valence electrons. The van der Waals surface area contributed by atoms with Gasteiger partial charge < -0.3 is 14.5 Å². The summed E-state index contributed by atoms with van der Waals surface area (Å²) >= 11 is 6.23. The monoisotopic (exact) mass is 558 g/mol. The van der Waals surface area contributed by atoms with E-state index in [4.69, 9.17) is 26.4 Å². The van der Waals surface area contributed by atoms with Crippen LogP contribution in [-0.2, 0) is 14.8 Å². The Hall–Kier alpha value is -2.89. The average Bonchev–Trinajstić information content (AvgIpc) is 3.67. The van der Waals surface area contributed by atoms with E-state index in [-0.39, 0.29) is 23.2 Å². The molecule has 0 unspecified atom stereocenters. The molecule has 38 heavy (non-hydrogen) atoms. The van der Waals surface area contributed by atoms with Gasteiger partial charge in [0.15, 0.2) is 5.65 Å². The molecule has 4 heterocycles. The molecule has 3 aliphatic rings. The molecule has 1 saturated carbocycles. The van der Waals surface area contributed by atoms with Crippen LogP contribution in [0, 0.1) is 0 Å². The summed E-state index contributed by atoms with van der Waals surface area (Å²) in [4.78, 5) is 22.9. The van der Waals surface area contributed by atoms with Crippen molar-refractivity contribution in [3.05, 3.63) is 52.3 Å². The molecule has 3 fully saturated rings. The van der Waals surface area contributed by atoms with E-state index >= 15 is 0 Å². The van der Waals surface area contributed by atoms with Crippen LogP contribution in [0.25, 0.3) is 5.65 Å². The van der Waals surface area contributed by atoms with Crippen LogP contribution in [0.15, 0.2) is 30.3 Å². The number of benzene rings is 1. The Morgan fingerprint density at radius 1 is 1.05 bits per heavy atom. The summed E-state index contributed by atoms with van der Waals surface area (Å²) in [6.45, 7) is 3.46. The van der Waals surface area contributed by atoms with Crippen molar-refractivity contribution < 1.29 is 17.9 Å². The maximum absolute atomic E-state index is 13.9. The molecule has 6 rings (SSSR count). The fourth-order valence-electron chi connectivity index (χ4n) is 5.38. The standard InChI is InChI=1S/C26H31ClN6O4S/c1-38(35,36)30-20-8-7-18(27)14-19(20)26(34)32-9-3-2-4-23(32)22-15-24-28-21(17-5-6-17)16-25(33(24)29-22)31-10-12-37-13-11-31/h7-8,14-17,23,30H,2-6,9-13H2,1H3/t23-/m0/s1. The number of hydrogen-bond donors (Lipinski definition) is 1. The zero-order chi connectivity index (χ0) is 26.4. The summed E-state index contributed by atoms with van der Waals surface area (Å²) in [5.41, 5.74) is 3.10. The summed E-state index contributed by atoms with van der Waals surface area (Å²) in [7, 11) is -3.58. The number of ether oxygens (including phenoxy) is 1. The van der Waals surface area contributed by atoms with Crippen molar-refractivity contribution in [3.63, 3.8) is 0 Å². The van der Waals surface area contributed by atoms with Gasteiger partial charge in [0.2, 0.25) is 10.0 Å². The molecule has 1 N–H and O–H groups in total. The quantitative estimate of drug-likeness (QED) is 0.489. The van der Waals surface area contributed by atoms with Crippen LogP contribution in [0.3, 0.4) is 0 Å². The molecule has 0 radical (unpaired) electrons. The Morgan fingerprint density at radius 3 is 2.58 bits per heavy atom. The number of fused-ring (bicyclic) bond motifs is 1. The lowest BCUT2D eigenvalue weighted by molar-refractivity contribution is 0.0607. The number of nitrogens with one attached hydrogen (secondary N) is 1. The average molecular weight is 559 g/mol. The molecular weight excluding hydrogens is 528 g/mol. The van der Waals surface area contributed by atoms with Gasteiger partial charge in [0.25, 0.3) is 5.91 Å². The minimum Gasteiger partial charge on any atom is -0.378 e. The summed E-state index contributed by atoms with van der Waals surface area (Å²) in [6, 6.07) is 8.51. The molecule has 1 amide bonds. The normalized spacial score (nSPS) is 20.6. The number of amides is 1. The Bertz CT molecular complexity index is 1480. The van der Waals surface area contributed by atoms with E-state index in [0.29, 0.717) is 30.7 Å². The van der Waals surface area contributed by atoms with Gasteiger partial charge >= 0.3 is 0 Å². The summed E-state index contributed by atoms with van der Waals surface area (Å²) in [5, 5.41) is 5.36. The van der Waals surface area contributed by atoms with Gasteiger partial charge in [0.1, 0.15) is 5.82 Å². The molecule has 1 aromatic carbocycles. The molecule has 0 bridgehead atoms. The second-order valence-electron chi connectivity index (χ2n) is 10.3. The van der Waals surface area contributed by atoms with Crippen LogP contribution in [0.5, 0.6) is 0 Å². The number of halogens is 1. The predicted octanol–water partition coefficient (Wildman–Crippen LogP) is 3.84. The lowest BCUT2D eigenvalue weighted by Crippen LogP contribution is -2.39. The minimum absolute atomic E-state index is 0.214. The molecule has 1 aliphatic carbocycles. The van der Waals surface area contributed by atoms with Crippen molar-refractivity contribution >= 4 is 44.7 Å². The Labute approximate surface area is 227 Å². The Morgan fingerprint density at radius 2 is 1.84 bits per heavy atom. The maximum atomic E-state index is 13.9. The highest BCUT2D eigenvalue weighted by Crippen LogP contribution is 2.41. The van der Waals surface area contributed by atoms with E-state index in [9.17, 15) is 13.2 Å². The molecule has 2 saturated heterocycles. The van der Waals surface area contributed by atoms with Crippen LogP contribution in [0.2, 0.25) is 5.02 Å². The zero-order valence-corrected chi connectivity index (χ0v) is 22.8. The third kappa shape index (κ3) is 5.19. The number of carbonyl (C=O) groups excluding carboxylic acids is 1. The van der Waals surface area contributed by atoms with Crippen molar-refractivity contribution in [2.45, 2.75) is 44.1 Å². The topological polar surface area (TPSA) is 109 Å². The highest BCUT2D eigenvalue weighted by atomic mass is 35.5. The van der Waals surface area contributed by atoms with E-state index in [2.05, 4.69) is 15.7 Å². The van der Waals surface area contributed by atoms with Crippen molar-refractivity contribution in [2.75, 3.05) is 48.7 Å². The van der Waals surface area contributed by atoms with Crippen molar-refractivity contribution in [1.29, 1.82) is 0 Å². The highest BCUT2D eigenvalue weighted by molar-refractivity contribution is 7.92. The Balaban J connectivity index is 1.38. The fraction of sp³-hybridized carbons (Fsp3) is 0.500. The van der Waals surface area contributed by atoms with Crippen molar-refractivity contribution in [3.8, 4) is 0 Å². The van der Waals surface area contributed by atoms with Gasteiger partial charge in [0, 0.05) is 48.4 Å². The van der Waals surface area contributed by atoms with Crippen LogP contribution >= 0.6 is 11.6 Å². The number of piperidine rings is 1. The number of morpholine rings is 1. The molecule has 12 heteroatoms. The zero-order valence-electron chi connectivity index (χ0n) is 21.3. The number of likely N-dealkylation sites (tertiary alicyclic amines) is 1. The SMILES string of the molecule is CS(=O)(=O)Nc1ccc(Cl)cc1C(=O)N1CCCC[C@H]1c1cc2nc(C3CC3)cc(N3CCOCC3)n2n1. The summed E-state index contributed by atoms with van der Waals surface area (Å²) in [5.74, 6) is 1.23. The molecule has 2 aromatic heterocycles. The lowest BCUT2D eigenvalue weighted by Gasteiger charge is -2.35. The first kappa shape index (κ1) is 25.4. The first-order valence-corrected chi connectivity index (χ1v) is 15.4. The third-order valence-corrected chi connectivity index (χ3v) is 8.22. The summed E-state index contributed by atoms with van der Waals surface area (Å²) < 4.78 is 33.9. The number of sulfonamides is 1. The summed E-state index contributed by atoms with van der Waals surface area (Å²) in [6.07, 6.45) is 5.94. The van der Waals surface area contributed by atoms with E-state index in [1.165, 1.54) is 12.1 Å². The lowest BCUT2D eigenvalue weighted by atomic mass is 9.98. The fourth-order valence-corrected chi connectivity index (χ4v) is 6.13. The highest BCUT2D eigenvalue weighted by Gasteiger charge is 2.33. The molecule has 3 aromatic rings. The molecule has 2 aliphatic heterocycles. The second kappa shape index (κ2) is 10.0. The molecule has 10 nitrogen and oxygen atoms in total. The van der Waals surface area contributed by atoms with Crippen LogP contribution in [0.1, 0.15) is 65.8 Å². The van der Waals surface area contributed by atoms with E-state index in [0.717, 1.165) is 74.3 Å². The predicted molar refractivity (Wildman–Crippen MR) is 146 cm³/mol. The first-order chi connectivity index (χ1) is 18.3. The van der Waals surface area contributed by atoms with Gasteiger partial charge in [-0.15, -0.1) is 0 Å². The van der Waals surface area contributed by atoms with Gasteiger partial charge in [-0.3, -0.25) is 9.52 Å². The molecule has 1 atom stereocenters. The van der Waals surface area contributed by atoms with Crippen LogP contribution < -0.4 is 9.62 Å². The molecule has 0 spiro atoms. The third-order valence-electron chi connectivity index (χ3n) is 7.39. The number of carbonyl (C=O) groups is 1. The largest absolute Gasteiger partial charge is 0.378 e. The van der Waals surface area contributed by atoms with Gasteiger partial charge in [0.05, 0.1) is 42.5 Å². The van der Waals surface area contributed by atoms with Gasteiger partial charge in [-0.05, 0) is 50.3 Å². The van der Waals surface area contributed by atoms with Gasteiger partial charge in [-0.25, -0.2) is 13.4 Å². The van der Waals surface area contributed by atoms with E-state index in [1.807, 2.05) is 10.6 Å². The van der Waals surface area contributed by atoms with Crippen molar-refractivity contribution in [1.82, 2.24) is 19.5 Å². The number of hydrogen-bond acceptors (Lipinski definition) is 7. The second-order valence-corrected chi connectivity index (χ2v) is 12.5. The van der Waals surface area contributed by atoms with Gasteiger partial charge in [-0.1, -0.05) is 11.6 Å². The number of anilines is 2. The van der Waals surface area contributed by atoms with Crippen molar-refractivity contribution in [2.24, 2.45) is 0 Å².